The molecule has 0 amide bonds. The number of Topliss-reactive ketones (excluding diaryl/α,β-unsaturated/α-hetero) is 1. The lowest BCUT2D eigenvalue weighted by atomic mass is 10.0. The van der Waals surface area contributed by atoms with Crippen LogP contribution in [-0.2, 0) is 6.42 Å². The molecule has 0 N–H and O–H groups in total. The van der Waals surface area contributed by atoms with Crippen molar-refractivity contribution in [2.24, 2.45) is 0 Å². The van der Waals surface area contributed by atoms with Crippen LogP contribution >= 0.6 is 22.6 Å². The first-order chi connectivity index (χ1) is 7.75. The Morgan fingerprint density at radius 3 is 2.19 bits per heavy atom. The molecule has 0 saturated heterocycles. The van der Waals surface area contributed by atoms with Crippen LogP contribution < -0.4 is 0 Å². The van der Waals surface area contributed by atoms with Crippen LogP contribution in [0.1, 0.15) is 15.9 Å². The van der Waals surface area contributed by atoms with Gasteiger partial charge in [-0.15, -0.1) is 0 Å². The molecule has 0 aliphatic heterocycles. The summed E-state index contributed by atoms with van der Waals surface area (Å²) < 4.78 is 1.19. The van der Waals surface area contributed by atoms with Gasteiger partial charge in [0.15, 0.2) is 5.78 Å². The van der Waals surface area contributed by atoms with Gasteiger partial charge in [-0.2, -0.15) is 0 Å². The molecule has 0 unspecified atom stereocenters. The molecule has 0 radical (unpaired) electrons. The molecule has 0 bridgehead atoms. The first-order valence-electron chi connectivity index (χ1n) is 5.08. The van der Waals surface area contributed by atoms with Crippen molar-refractivity contribution in [1.29, 1.82) is 0 Å². The Hall–Kier alpha value is -1.16. The minimum Gasteiger partial charge on any atom is -0.294 e. The predicted octanol–water partition coefficient (Wildman–Crippen LogP) is 3.72. The number of carbonyl (C=O) groups excluding carboxylic acids is 1. The van der Waals surface area contributed by atoms with Crippen LogP contribution in [0.15, 0.2) is 54.6 Å². The monoisotopic (exact) mass is 322 g/mol. The van der Waals surface area contributed by atoms with Gasteiger partial charge in [0.1, 0.15) is 0 Å². The first kappa shape index (κ1) is 11.3. The van der Waals surface area contributed by atoms with Gasteiger partial charge < -0.3 is 0 Å². The Kier molecular flexibility index (Phi) is 3.72. The van der Waals surface area contributed by atoms with E-state index in [1.165, 1.54) is 3.57 Å². The van der Waals surface area contributed by atoms with E-state index >= 15 is 0 Å². The van der Waals surface area contributed by atoms with Crippen LogP contribution in [0.3, 0.4) is 0 Å². The van der Waals surface area contributed by atoms with E-state index in [0.717, 1.165) is 11.1 Å². The van der Waals surface area contributed by atoms with E-state index in [4.69, 9.17) is 0 Å². The minimum absolute atomic E-state index is 0.168. The molecule has 0 heterocycles. The molecule has 0 spiro atoms. The second-order valence-corrected chi connectivity index (χ2v) is 4.84. The molecular formula is C14H11IO. The third-order valence-corrected chi connectivity index (χ3v) is 3.09. The van der Waals surface area contributed by atoms with Gasteiger partial charge in [-0.3, -0.25) is 4.79 Å². The van der Waals surface area contributed by atoms with E-state index in [-0.39, 0.29) is 5.78 Å². The van der Waals surface area contributed by atoms with Crippen LogP contribution in [0.5, 0.6) is 0 Å². The molecule has 0 aliphatic carbocycles. The minimum atomic E-state index is 0.168. The molecular weight excluding hydrogens is 311 g/mol. The van der Waals surface area contributed by atoms with E-state index in [0.29, 0.717) is 6.42 Å². The summed E-state index contributed by atoms with van der Waals surface area (Å²) >= 11 is 2.26. The van der Waals surface area contributed by atoms with Crippen LogP contribution in [-0.4, -0.2) is 5.78 Å². The van der Waals surface area contributed by atoms with Crippen LogP contribution in [0, 0.1) is 3.57 Å². The van der Waals surface area contributed by atoms with E-state index in [2.05, 4.69) is 22.6 Å². The molecule has 0 aliphatic rings. The van der Waals surface area contributed by atoms with E-state index in [1.54, 1.807) is 0 Å². The number of carbonyl (C=O) groups is 1. The summed E-state index contributed by atoms with van der Waals surface area (Å²) in [6.07, 6.45) is 0.473. The second-order valence-electron chi connectivity index (χ2n) is 3.59. The third-order valence-electron chi connectivity index (χ3n) is 2.37. The average Bonchev–Trinajstić information content (AvgIpc) is 2.33. The first-order valence-corrected chi connectivity index (χ1v) is 6.16. The Labute approximate surface area is 109 Å². The Balaban J connectivity index is 2.11. The maximum Gasteiger partial charge on any atom is 0.167 e. The number of hydrogen-bond donors (Lipinski definition) is 0. The highest BCUT2D eigenvalue weighted by molar-refractivity contribution is 14.1. The molecule has 16 heavy (non-hydrogen) atoms. The van der Waals surface area contributed by atoms with Crippen molar-refractivity contribution in [2.75, 3.05) is 0 Å². The maximum atomic E-state index is 11.9. The largest absolute Gasteiger partial charge is 0.294 e. The molecule has 0 aromatic heterocycles. The Bertz CT molecular complexity index is 474. The maximum absolute atomic E-state index is 11.9. The normalized spacial score (nSPS) is 10.1. The van der Waals surface area contributed by atoms with Gasteiger partial charge in [0, 0.05) is 15.6 Å². The van der Waals surface area contributed by atoms with Crippen molar-refractivity contribution in [3.05, 3.63) is 69.3 Å². The van der Waals surface area contributed by atoms with Crippen molar-refractivity contribution in [1.82, 2.24) is 0 Å². The van der Waals surface area contributed by atoms with Crippen molar-refractivity contribution in [3.8, 4) is 0 Å². The summed E-state index contributed by atoms with van der Waals surface area (Å²) in [6.45, 7) is 0. The zero-order chi connectivity index (χ0) is 11.4. The van der Waals surface area contributed by atoms with Crippen molar-refractivity contribution in [2.45, 2.75) is 6.42 Å². The number of rotatable bonds is 3. The summed E-state index contributed by atoms with van der Waals surface area (Å²) in [5.74, 6) is 0.168. The lowest BCUT2D eigenvalue weighted by molar-refractivity contribution is 0.0993. The summed E-state index contributed by atoms with van der Waals surface area (Å²) in [7, 11) is 0. The molecule has 1 nitrogen and oxygen atoms in total. The van der Waals surface area contributed by atoms with Crippen molar-refractivity contribution < 1.29 is 4.79 Å². The summed E-state index contributed by atoms with van der Waals surface area (Å²) in [5, 5.41) is 0. The predicted molar refractivity (Wildman–Crippen MR) is 73.6 cm³/mol. The Morgan fingerprint density at radius 2 is 1.56 bits per heavy atom. The number of benzene rings is 2. The van der Waals surface area contributed by atoms with Gasteiger partial charge in [-0.25, -0.2) is 0 Å². The summed E-state index contributed by atoms with van der Waals surface area (Å²) in [6, 6.07) is 17.5. The molecule has 0 atom stereocenters. The molecule has 2 heteroatoms. The quantitative estimate of drug-likeness (QED) is 0.622. The molecule has 0 fully saturated rings. The highest BCUT2D eigenvalue weighted by Gasteiger charge is 2.05. The number of ketones is 1. The fourth-order valence-corrected chi connectivity index (χ4v) is 1.87. The second kappa shape index (κ2) is 5.25. The molecule has 80 valence electrons. The van der Waals surface area contributed by atoms with Gasteiger partial charge in [-0.1, -0.05) is 42.5 Å². The standard InChI is InChI=1S/C14H11IO/c15-13-8-6-11(7-9-13)10-14(16)12-4-2-1-3-5-12/h1-9H,10H2. The van der Waals surface area contributed by atoms with E-state index in [9.17, 15) is 4.79 Å². The van der Waals surface area contributed by atoms with Gasteiger partial charge in [0.2, 0.25) is 0 Å². The highest BCUT2D eigenvalue weighted by Crippen LogP contribution is 2.10. The van der Waals surface area contributed by atoms with Gasteiger partial charge in [0.05, 0.1) is 0 Å². The molecule has 2 rings (SSSR count). The highest BCUT2D eigenvalue weighted by atomic mass is 127. The molecule has 2 aromatic carbocycles. The molecule has 2 aromatic rings. The topological polar surface area (TPSA) is 17.1 Å². The fourth-order valence-electron chi connectivity index (χ4n) is 1.51. The van der Waals surface area contributed by atoms with Crippen LogP contribution in [0.4, 0.5) is 0 Å². The summed E-state index contributed by atoms with van der Waals surface area (Å²) in [4.78, 5) is 11.9. The lowest BCUT2D eigenvalue weighted by Crippen LogP contribution is -2.02. The van der Waals surface area contributed by atoms with E-state index < -0.39 is 0 Å². The summed E-state index contributed by atoms with van der Waals surface area (Å²) in [5.41, 5.74) is 1.84. The average molecular weight is 322 g/mol. The van der Waals surface area contributed by atoms with Crippen LogP contribution in [0.25, 0.3) is 0 Å². The fraction of sp³-hybridized carbons (Fsp3) is 0.0714. The van der Waals surface area contributed by atoms with Crippen molar-refractivity contribution in [3.63, 3.8) is 0 Å². The van der Waals surface area contributed by atoms with Gasteiger partial charge >= 0.3 is 0 Å². The molecule has 0 saturated carbocycles. The van der Waals surface area contributed by atoms with Gasteiger partial charge in [0.25, 0.3) is 0 Å². The SMILES string of the molecule is O=C(Cc1ccc(I)cc1)c1ccccc1. The Morgan fingerprint density at radius 1 is 0.938 bits per heavy atom. The smallest absolute Gasteiger partial charge is 0.167 e. The number of halogens is 1. The number of hydrogen-bond acceptors (Lipinski definition) is 1. The van der Waals surface area contributed by atoms with Crippen LogP contribution in [0.2, 0.25) is 0 Å². The zero-order valence-corrected chi connectivity index (χ0v) is 10.8. The third kappa shape index (κ3) is 2.92. The lowest BCUT2D eigenvalue weighted by Gasteiger charge is -2.01. The van der Waals surface area contributed by atoms with Crippen molar-refractivity contribution >= 4 is 28.4 Å². The van der Waals surface area contributed by atoms with Gasteiger partial charge in [-0.05, 0) is 40.3 Å². The van der Waals surface area contributed by atoms with E-state index in [1.807, 2.05) is 54.6 Å². The zero-order valence-electron chi connectivity index (χ0n) is 8.69.